The average molecular weight is 347 g/mol. The Labute approximate surface area is 125 Å². The van der Waals surface area contributed by atoms with E-state index in [-0.39, 0.29) is 17.5 Å². The Kier molecular flexibility index (Phi) is 6.78. The summed E-state index contributed by atoms with van der Waals surface area (Å²) in [6, 6.07) is 3.63. The van der Waals surface area contributed by atoms with Crippen LogP contribution in [0.4, 0.5) is 0 Å². The van der Waals surface area contributed by atoms with E-state index in [0.717, 1.165) is 0 Å². The molecule has 0 saturated carbocycles. The number of carbonyl (C=O) groups excluding carboxylic acids is 1. The molecule has 102 valence electrons. The van der Waals surface area contributed by atoms with E-state index in [4.69, 9.17) is 21.6 Å². The van der Waals surface area contributed by atoms with Gasteiger partial charge in [0.2, 0.25) is 0 Å². The highest BCUT2D eigenvalue weighted by Crippen LogP contribution is 2.19. The van der Waals surface area contributed by atoms with Gasteiger partial charge in [-0.25, -0.2) is 4.98 Å². The van der Waals surface area contributed by atoms with Crippen LogP contribution >= 0.6 is 27.5 Å². The van der Waals surface area contributed by atoms with E-state index in [1.807, 2.05) is 6.07 Å². The smallest absolute Gasteiger partial charge is 0.257 e. The highest BCUT2D eigenvalue weighted by molar-refractivity contribution is 9.10. The molecule has 0 aliphatic heterocycles. The Morgan fingerprint density at radius 1 is 1.63 bits per heavy atom. The number of hydrogen-bond acceptors (Lipinski definition) is 4. The lowest BCUT2D eigenvalue weighted by Crippen LogP contribution is -2.35. The van der Waals surface area contributed by atoms with Crippen LogP contribution in [-0.4, -0.2) is 42.6 Å². The summed E-state index contributed by atoms with van der Waals surface area (Å²) in [5, 5.41) is 8.77. The molecule has 0 saturated heterocycles. The third kappa shape index (κ3) is 4.78. The van der Waals surface area contributed by atoms with Crippen LogP contribution in [0.3, 0.4) is 0 Å². The third-order valence-electron chi connectivity index (χ3n) is 2.38. The number of nitriles is 1. The van der Waals surface area contributed by atoms with E-state index in [0.29, 0.717) is 29.7 Å². The van der Waals surface area contributed by atoms with E-state index >= 15 is 0 Å². The van der Waals surface area contributed by atoms with Crippen molar-refractivity contribution in [1.82, 2.24) is 9.88 Å². The standard InChI is InChI=1S/C12H13BrClN3O2/c1-19-6-5-17(4-2-3-15)12(18)10-7-9(13)8-16-11(10)14/h7-8H,2,4-6H2,1H3. The van der Waals surface area contributed by atoms with Gasteiger partial charge in [0.1, 0.15) is 5.15 Å². The molecule has 0 aliphatic rings. The fourth-order valence-corrected chi connectivity index (χ4v) is 1.96. The fraction of sp³-hybridized carbons (Fsp3) is 0.417. The Hall–Kier alpha value is -1.16. The van der Waals surface area contributed by atoms with Crippen molar-refractivity contribution in [3.8, 4) is 6.07 Å². The summed E-state index contributed by atoms with van der Waals surface area (Å²) in [6.07, 6.45) is 1.78. The molecular formula is C12H13BrClN3O2. The van der Waals surface area contributed by atoms with Gasteiger partial charge < -0.3 is 9.64 Å². The second kappa shape index (κ2) is 8.10. The second-order valence-electron chi connectivity index (χ2n) is 3.69. The maximum Gasteiger partial charge on any atom is 0.257 e. The summed E-state index contributed by atoms with van der Waals surface area (Å²) in [4.78, 5) is 17.8. The number of halogens is 2. The maximum atomic E-state index is 12.3. The summed E-state index contributed by atoms with van der Waals surface area (Å²) in [5.74, 6) is -0.258. The zero-order valence-corrected chi connectivity index (χ0v) is 12.7. The molecule has 0 aliphatic carbocycles. The Balaban J connectivity index is 2.91. The zero-order valence-electron chi connectivity index (χ0n) is 10.4. The summed E-state index contributed by atoms with van der Waals surface area (Å²) >= 11 is 9.18. The number of hydrogen-bond donors (Lipinski definition) is 0. The molecule has 1 aromatic heterocycles. The van der Waals surface area contributed by atoms with E-state index in [1.54, 1.807) is 13.2 Å². The predicted octanol–water partition coefficient (Wildman–Crippen LogP) is 2.50. The Morgan fingerprint density at radius 2 is 2.37 bits per heavy atom. The zero-order chi connectivity index (χ0) is 14.3. The lowest BCUT2D eigenvalue weighted by molar-refractivity contribution is 0.0699. The lowest BCUT2D eigenvalue weighted by Gasteiger charge is -2.21. The van der Waals surface area contributed by atoms with Crippen molar-refractivity contribution in [2.24, 2.45) is 0 Å². The van der Waals surface area contributed by atoms with Gasteiger partial charge in [-0.2, -0.15) is 5.26 Å². The van der Waals surface area contributed by atoms with Gasteiger partial charge in [-0.05, 0) is 22.0 Å². The van der Waals surface area contributed by atoms with Gasteiger partial charge in [0.05, 0.1) is 24.7 Å². The minimum absolute atomic E-state index is 0.146. The summed E-state index contributed by atoms with van der Waals surface area (Å²) in [5.41, 5.74) is 0.310. The number of ether oxygens (including phenoxy) is 1. The van der Waals surface area contributed by atoms with E-state index in [2.05, 4.69) is 20.9 Å². The molecule has 0 aromatic carbocycles. The molecule has 0 spiro atoms. The second-order valence-corrected chi connectivity index (χ2v) is 4.96. The summed E-state index contributed by atoms with van der Waals surface area (Å²) < 4.78 is 5.63. The van der Waals surface area contributed by atoms with Crippen molar-refractivity contribution >= 4 is 33.4 Å². The number of methoxy groups -OCH3 is 1. The minimum atomic E-state index is -0.258. The highest BCUT2D eigenvalue weighted by Gasteiger charge is 2.19. The molecule has 0 N–H and O–H groups in total. The number of amides is 1. The van der Waals surface area contributed by atoms with Crippen LogP contribution in [0.5, 0.6) is 0 Å². The van der Waals surface area contributed by atoms with Crippen LogP contribution in [0, 0.1) is 11.3 Å². The first-order valence-corrected chi connectivity index (χ1v) is 6.73. The number of pyridine rings is 1. The molecule has 1 heterocycles. The molecule has 0 atom stereocenters. The largest absolute Gasteiger partial charge is 0.383 e. The van der Waals surface area contributed by atoms with E-state index < -0.39 is 0 Å². The Morgan fingerprint density at radius 3 is 3.00 bits per heavy atom. The van der Waals surface area contributed by atoms with Crippen LogP contribution < -0.4 is 0 Å². The quantitative estimate of drug-likeness (QED) is 0.742. The monoisotopic (exact) mass is 345 g/mol. The molecule has 0 fully saturated rings. The first kappa shape index (κ1) is 15.9. The minimum Gasteiger partial charge on any atom is -0.383 e. The molecule has 19 heavy (non-hydrogen) atoms. The van der Waals surface area contributed by atoms with Gasteiger partial charge in [-0.15, -0.1) is 0 Å². The van der Waals surface area contributed by atoms with Crippen molar-refractivity contribution in [1.29, 1.82) is 5.26 Å². The van der Waals surface area contributed by atoms with Gasteiger partial charge in [-0.3, -0.25) is 4.79 Å². The molecule has 1 amide bonds. The maximum absolute atomic E-state index is 12.3. The lowest BCUT2D eigenvalue weighted by atomic mass is 10.2. The number of aromatic nitrogens is 1. The van der Waals surface area contributed by atoms with Gasteiger partial charge in [0, 0.05) is 30.9 Å². The van der Waals surface area contributed by atoms with Crippen LogP contribution in [0.2, 0.25) is 5.15 Å². The molecule has 7 heteroatoms. The highest BCUT2D eigenvalue weighted by atomic mass is 79.9. The van der Waals surface area contributed by atoms with Gasteiger partial charge in [0.15, 0.2) is 0 Å². The predicted molar refractivity (Wildman–Crippen MR) is 75.0 cm³/mol. The van der Waals surface area contributed by atoms with Crippen LogP contribution in [0.25, 0.3) is 0 Å². The number of nitrogens with zero attached hydrogens (tertiary/aromatic N) is 3. The summed E-state index contributed by atoms with van der Waals surface area (Å²) in [6.45, 7) is 1.14. The molecule has 0 unspecified atom stereocenters. The number of carbonyl (C=O) groups is 1. The van der Waals surface area contributed by atoms with E-state index in [1.165, 1.54) is 11.1 Å². The Bertz CT molecular complexity index is 490. The van der Waals surface area contributed by atoms with Crippen LogP contribution in [0.15, 0.2) is 16.7 Å². The number of rotatable bonds is 6. The molecule has 0 bridgehead atoms. The first-order chi connectivity index (χ1) is 9.10. The van der Waals surface area contributed by atoms with Gasteiger partial charge in [0.25, 0.3) is 5.91 Å². The van der Waals surface area contributed by atoms with Crippen molar-refractivity contribution < 1.29 is 9.53 Å². The van der Waals surface area contributed by atoms with Crippen molar-refractivity contribution in [2.75, 3.05) is 26.8 Å². The third-order valence-corrected chi connectivity index (χ3v) is 3.12. The molecule has 1 aromatic rings. The average Bonchev–Trinajstić information content (AvgIpc) is 2.41. The normalized spacial score (nSPS) is 10.0. The molecule has 0 radical (unpaired) electrons. The SMILES string of the molecule is COCCN(CCC#N)C(=O)c1cc(Br)cnc1Cl. The van der Waals surface area contributed by atoms with E-state index in [9.17, 15) is 4.79 Å². The van der Waals surface area contributed by atoms with Crippen molar-refractivity contribution in [3.63, 3.8) is 0 Å². The molecule has 5 nitrogen and oxygen atoms in total. The van der Waals surface area contributed by atoms with Crippen LogP contribution in [0.1, 0.15) is 16.8 Å². The fourth-order valence-electron chi connectivity index (χ4n) is 1.44. The van der Waals surface area contributed by atoms with Gasteiger partial charge in [-0.1, -0.05) is 11.6 Å². The van der Waals surface area contributed by atoms with Gasteiger partial charge >= 0.3 is 0 Å². The van der Waals surface area contributed by atoms with Crippen molar-refractivity contribution in [2.45, 2.75) is 6.42 Å². The summed E-state index contributed by atoms with van der Waals surface area (Å²) in [7, 11) is 1.56. The topological polar surface area (TPSA) is 66.2 Å². The molecule has 1 rings (SSSR count). The van der Waals surface area contributed by atoms with Crippen molar-refractivity contribution in [3.05, 3.63) is 27.5 Å². The molecular weight excluding hydrogens is 334 g/mol. The van der Waals surface area contributed by atoms with Crippen LogP contribution in [-0.2, 0) is 4.74 Å². The first-order valence-electron chi connectivity index (χ1n) is 5.56.